The average Bonchev–Trinajstić information content (AvgIpc) is 2.94. The molecular formula is C19H19NO2. The lowest BCUT2D eigenvalue weighted by Crippen LogP contribution is -2.07. The molecule has 0 amide bonds. The molecule has 112 valence electrons. The highest BCUT2D eigenvalue weighted by atomic mass is 16.5. The smallest absolute Gasteiger partial charge is 0.120 e. The van der Waals surface area contributed by atoms with E-state index in [1.165, 1.54) is 10.9 Å². The van der Waals surface area contributed by atoms with Crippen molar-refractivity contribution in [2.75, 3.05) is 0 Å². The van der Waals surface area contributed by atoms with Gasteiger partial charge in [-0.1, -0.05) is 30.3 Å². The Bertz CT molecular complexity index is 792. The number of aliphatic hydroxyl groups is 1. The van der Waals surface area contributed by atoms with Gasteiger partial charge in [0.15, 0.2) is 0 Å². The Hall–Kier alpha value is -2.26. The van der Waals surface area contributed by atoms with Crippen LogP contribution in [0.2, 0.25) is 0 Å². The third-order valence-corrected chi connectivity index (χ3v) is 4.40. The molecule has 1 heterocycles. The van der Waals surface area contributed by atoms with Crippen LogP contribution >= 0.6 is 0 Å². The third kappa shape index (κ3) is 2.38. The van der Waals surface area contributed by atoms with Crippen LogP contribution in [0.1, 0.15) is 35.8 Å². The van der Waals surface area contributed by atoms with E-state index in [4.69, 9.17) is 4.74 Å². The molecule has 3 aromatic rings. The van der Waals surface area contributed by atoms with Crippen molar-refractivity contribution in [2.24, 2.45) is 0 Å². The van der Waals surface area contributed by atoms with E-state index in [2.05, 4.69) is 23.2 Å². The minimum atomic E-state index is -0.357. The summed E-state index contributed by atoms with van der Waals surface area (Å²) in [5.41, 5.74) is 4.48. The molecule has 22 heavy (non-hydrogen) atoms. The number of aromatic nitrogens is 1. The molecule has 1 aliphatic carbocycles. The van der Waals surface area contributed by atoms with Crippen molar-refractivity contribution in [1.82, 2.24) is 4.98 Å². The number of aryl methyl sites for hydroxylation is 1. The molecule has 1 aliphatic rings. The van der Waals surface area contributed by atoms with E-state index in [9.17, 15) is 5.11 Å². The SMILES string of the molecule is O[C@H]1CCCc2c1[nH]c1ccc(OCc3ccccc3)cc21. The summed E-state index contributed by atoms with van der Waals surface area (Å²) in [7, 11) is 0. The fourth-order valence-electron chi connectivity index (χ4n) is 3.25. The molecule has 0 radical (unpaired) electrons. The van der Waals surface area contributed by atoms with Gasteiger partial charge in [-0.05, 0) is 48.6 Å². The van der Waals surface area contributed by atoms with E-state index < -0.39 is 0 Å². The van der Waals surface area contributed by atoms with Gasteiger partial charge in [-0.15, -0.1) is 0 Å². The lowest BCUT2D eigenvalue weighted by atomic mass is 9.93. The number of benzene rings is 2. The zero-order valence-electron chi connectivity index (χ0n) is 12.4. The minimum Gasteiger partial charge on any atom is -0.489 e. The first-order valence-electron chi connectivity index (χ1n) is 7.80. The summed E-state index contributed by atoms with van der Waals surface area (Å²) in [6.07, 6.45) is 2.55. The molecule has 2 N–H and O–H groups in total. The quantitative estimate of drug-likeness (QED) is 0.763. The van der Waals surface area contributed by atoms with E-state index in [-0.39, 0.29) is 6.10 Å². The standard InChI is InChI=1S/C19H19NO2/c21-18-8-4-7-15-16-11-14(9-10-17(16)20-19(15)18)22-12-13-5-2-1-3-6-13/h1-3,5-6,9-11,18,20-21H,4,7-8,12H2/t18-/m0/s1. The van der Waals surface area contributed by atoms with Crippen molar-refractivity contribution >= 4 is 10.9 Å². The summed E-state index contributed by atoms with van der Waals surface area (Å²) in [6.45, 7) is 0.571. The fourth-order valence-corrected chi connectivity index (χ4v) is 3.25. The van der Waals surface area contributed by atoms with Crippen molar-refractivity contribution in [3.63, 3.8) is 0 Å². The van der Waals surface area contributed by atoms with Gasteiger partial charge in [0.05, 0.1) is 6.10 Å². The molecule has 3 heteroatoms. The molecule has 0 unspecified atom stereocenters. The van der Waals surface area contributed by atoms with E-state index in [0.29, 0.717) is 6.61 Å². The van der Waals surface area contributed by atoms with Crippen LogP contribution in [0.15, 0.2) is 48.5 Å². The first-order valence-corrected chi connectivity index (χ1v) is 7.80. The van der Waals surface area contributed by atoms with Gasteiger partial charge in [-0.25, -0.2) is 0 Å². The zero-order valence-corrected chi connectivity index (χ0v) is 12.4. The van der Waals surface area contributed by atoms with Crippen LogP contribution in [0.25, 0.3) is 10.9 Å². The second-order valence-corrected chi connectivity index (χ2v) is 5.91. The molecular weight excluding hydrogens is 274 g/mol. The van der Waals surface area contributed by atoms with Gasteiger partial charge >= 0.3 is 0 Å². The Morgan fingerprint density at radius 2 is 2.00 bits per heavy atom. The number of rotatable bonds is 3. The molecule has 4 rings (SSSR count). The molecule has 0 bridgehead atoms. The summed E-state index contributed by atoms with van der Waals surface area (Å²) < 4.78 is 5.91. The summed E-state index contributed by atoms with van der Waals surface area (Å²) in [5, 5.41) is 11.3. The van der Waals surface area contributed by atoms with Gasteiger partial charge in [-0.2, -0.15) is 0 Å². The minimum absolute atomic E-state index is 0.357. The first kappa shape index (κ1) is 13.4. The number of hydrogen-bond acceptors (Lipinski definition) is 2. The van der Waals surface area contributed by atoms with Crippen LogP contribution in [0.5, 0.6) is 5.75 Å². The monoisotopic (exact) mass is 293 g/mol. The van der Waals surface area contributed by atoms with E-state index >= 15 is 0 Å². The second-order valence-electron chi connectivity index (χ2n) is 5.91. The van der Waals surface area contributed by atoms with Gasteiger partial charge in [0, 0.05) is 16.6 Å². The Balaban J connectivity index is 1.63. The number of nitrogens with one attached hydrogen (secondary N) is 1. The largest absolute Gasteiger partial charge is 0.489 e. The van der Waals surface area contributed by atoms with E-state index in [0.717, 1.165) is 41.8 Å². The molecule has 1 atom stereocenters. The number of aliphatic hydroxyl groups excluding tert-OH is 1. The molecule has 2 aromatic carbocycles. The predicted octanol–water partition coefficient (Wildman–Crippen LogP) is 4.12. The van der Waals surface area contributed by atoms with Gasteiger partial charge in [-0.3, -0.25) is 0 Å². The summed E-state index contributed by atoms with van der Waals surface area (Å²) in [5.74, 6) is 0.873. The number of hydrogen-bond donors (Lipinski definition) is 2. The summed E-state index contributed by atoms with van der Waals surface area (Å²) in [4.78, 5) is 3.36. The predicted molar refractivity (Wildman–Crippen MR) is 87.0 cm³/mol. The lowest BCUT2D eigenvalue weighted by Gasteiger charge is -2.17. The van der Waals surface area contributed by atoms with E-state index in [1.807, 2.05) is 30.3 Å². The normalized spacial score (nSPS) is 17.4. The highest BCUT2D eigenvalue weighted by Crippen LogP contribution is 2.36. The highest BCUT2D eigenvalue weighted by Gasteiger charge is 2.22. The molecule has 0 fully saturated rings. The van der Waals surface area contributed by atoms with Crippen LogP contribution in [0.3, 0.4) is 0 Å². The van der Waals surface area contributed by atoms with Crippen LogP contribution in [-0.2, 0) is 13.0 Å². The second kappa shape index (κ2) is 5.50. The van der Waals surface area contributed by atoms with Crippen molar-refractivity contribution < 1.29 is 9.84 Å². The van der Waals surface area contributed by atoms with Gasteiger partial charge in [0.25, 0.3) is 0 Å². The van der Waals surface area contributed by atoms with Crippen molar-refractivity contribution in [3.05, 3.63) is 65.4 Å². The number of H-pyrrole nitrogens is 1. The van der Waals surface area contributed by atoms with Gasteiger partial charge in [0.1, 0.15) is 12.4 Å². The van der Waals surface area contributed by atoms with Crippen LogP contribution in [0, 0.1) is 0 Å². The van der Waals surface area contributed by atoms with Gasteiger partial charge < -0.3 is 14.8 Å². The number of ether oxygens (including phenoxy) is 1. The Morgan fingerprint density at radius 1 is 1.14 bits per heavy atom. The zero-order chi connectivity index (χ0) is 14.9. The molecule has 3 nitrogen and oxygen atoms in total. The Labute approximate surface area is 129 Å². The molecule has 0 saturated carbocycles. The lowest BCUT2D eigenvalue weighted by molar-refractivity contribution is 0.153. The topological polar surface area (TPSA) is 45.2 Å². The summed E-state index contributed by atoms with van der Waals surface area (Å²) in [6, 6.07) is 16.3. The maximum absolute atomic E-state index is 10.1. The first-order chi connectivity index (χ1) is 10.8. The maximum atomic E-state index is 10.1. The van der Waals surface area contributed by atoms with Crippen LogP contribution in [-0.4, -0.2) is 10.1 Å². The Kier molecular flexibility index (Phi) is 3.35. The summed E-state index contributed by atoms with van der Waals surface area (Å²) >= 11 is 0. The molecule has 0 spiro atoms. The fraction of sp³-hybridized carbons (Fsp3) is 0.263. The van der Waals surface area contributed by atoms with Crippen LogP contribution < -0.4 is 4.74 Å². The van der Waals surface area contributed by atoms with E-state index in [1.54, 1.807) is 0 Å². The van der Waals surface area contributed by atoms with Crippen molar-refractivity contribution in [2.45, 2.75) is 32.0 Å². The average molecular weight is 293 g/mol. The van der Waals surface area contributed by atoms with Crippen LogP contribution in [0.4, 0.5) is 0 Å². The molecule has 0 saturated heterocycles. The number of fused-ring (bicyclic) bond motifs is 3. The van der Waals surface area contributed by atoms with Crippen molar-refractivity contribution in [1.29, 1.82) is 0 Å². The number of aromatic amines is 1. The highest BCUT2D eigenvalue weighted by molar-refractivity contribution is 5.86. The van der Waals surface area contributed by atoms with Crippen molar-refractivity contribution in [3.8, 4) is 5.75 Å². The third-order valence-electron chi connectivity index (χ3n) is 4.40. The Morgan fingerprint density at radius 3 is 2.86 bits per heavy atom. The molecule has 0 aliphatic heterocycles. The van der Waals surface area contributed by atoms with Gasteiger partial charge in [0.2, 0.25) is 0 Å². The molecule has 1 aromatic heterocycles. The maximum Gasteiger partial charge on any atom is 0.120 e.